The van der Waals surface area contributed by atoms with Gasteiger partial charge in [-0.1, -0.05) is 12.1 Å². The highest BCUT2D eigenvalue weighted by Gasteiger charge is 2.34. The zero-order valence-corrected chi connectivity index (χ0v) is 25.8. The minimum atomic E-state index is -4.58. The summed E-state index contributed by atoms with van der Waals surface area (Å²) in [5, 5.41) is 10.6. The van der Waals surface area contributed by atoms with Crippen molar-refractivity contribution in [3.05, 3.63) is 75.9 Å². The Bertz CT molecular complexity index is 1740. The SMILES string of the molecule is Cc1ccc(C(=O)Nc2ccc(CN3CCCN(C)CC3)c(C(F)(F)F)c2)cc1NC(=O)c1csc2c(NC3CC3)ncnc12. The molecular formula is C32H34F3N7O2S. The fourth-order valence-corrected chi connectivity index (χ4v) is 6.33. The van der Waals surface area contributed by atoms with Gasteiger partial charge in [-0.15, -0.1) is 11.3 Å². The highest BCUT2D eigenvalue weighted by atomic mass is 32.1. The molecule has 3 N–H and O–H groups in total. The predicted molar refractivity (Wildman–Crippen MR) is 170 cm³/mol. The van der Waals surface area contributed by atoms with Gasteiger partial charge >= 0.3 is 6.18 Å². The fourth-order valence-electron chi connectivity index (χ4n) is 5.38. The molecule has 0 unspecified atom stereocenters. The number of alkyl halides is 3. The van der Waals surface area contributed by atoms with Gasteiger partial charge in [0.25, 0.3) is 11.8 Å². The molecule has 0 atom stereocenters. The molecule has 2 fully saturated rings. The smallest absolute Gasteiger partial charge is 0.366 e. The van der Waals surface area contributed by atoms with Crippen molar-refractivity contribution in [1.82, 2.24) is 19.8 Å². The monoisotopic (exact) mass is 637 g/mol. The van der Waals surface area contributed by atoms with Crippen LogP contribution in [-0.2, 0) is 12.7 Å². The molecule has 13 heteroatoms. The van der Waals surface area contributed by atoms with Gasteiger partial charge in [-0.05, 0) is 81.7 Å². The van der Waals surface area contributed by atoms with Gasteiger partial charge in [0, 0.05) is 48.0 Å². The number of halogens is 3. The van der Waals surface area contributed by atoms with E-state index in [0.717, 1.165) is 49.7 Å². The van der Waals surface area contributed by atoms with Gasteiger partial charge in [0.2, 0.25) is 0 Å². The number of aryl methyl sites for hydroxylation is 1. The molecule has 4 aromatic rings. The number of benzene rings is 2. The largest absolute Gasteiger partial charge is 0.416 e. The molecule has 0 spiro atoms. The van der Waals surface area contributed by atoms with Crippen molar-refractivity contribution in [2.45, 2.75) is 44.9 Å². The lowest BCUT2D eigenvalue weighted by atomic mass is 10.0. The number of anilines is 3. The minimum absolute atomic E-state index is 0.0397. The Balaban J connectivity index is 1.17. The summed E-state index contributed by atoms with van der Waals surface area (Å²) >= 11 is 1.38. The van der Waals surface area contributed by atoms with E-state index in [1.54, 1.807) is 24.4 Å². The molecule has 1 saturated heterocycles. The molecule has 45 heavy (non-hydrogen) atoms. The van der Waals surface area contributed by atoms with Gasteiger partial charge < -0.3 is 20.9 Å². The van der Waals surface area contributed by atoms with Crippen molar-refractivity contribution >= 4 is 50.6 Å². The Morgan fingerprint density at radius 3 is 2.60 bits per heavy atom. The molecule has 2 aliphatic rings. The Labute approximate surface area is 262 Å². The van der Waals surface area contributed by atoms with E-state index in [-0.39, 0.29) is 29.3 Å². The number of rotatable bonds is 8. The molecule has 1 aliphatic heterocycles. The fraction of sp³-hybridized carbons (Fsp3) is 0.375. The summed E-state index contributed by atoms with van der Waals surface area (Å²) < 4.78 is 43.1. The maximum atomic E-state index is 14.1. The molecule has 236 valence electrons. The Morgan fingerprint density at radius 2 is 1.82 bits per heavy atom. The molecule has 0 radical (unpaired) electrons. The first kappa shape index (κ1) is 30.9. The molecule has 1 saturated carbocycles. The first-order chi connectivity index (χ1) is 21.5. The number of carbonyl (C=O) groups excluding carboxylic acids is 2. The van der Waals surface area contributed by atoms with Gasteiger partial charge in [0.15, 0.2) is 0 Å². The van der Waals surface area contributed by atoms with Crippen molar-refractivity contribution in [2.75, 3.05) is 49.2 Å². The standard InChI is InChI=1S/C32H34F3N7O2S/c1-19-4-5-20(14-26(19)40-31(44)24-17-45-28-27(24)36-18-37-29(28)38-22-8-9-22)30(43)39-23-7-6-21(25(15-23)32(33,34)35)16-42-11-3-10-41(2)12-13-42/h4-7,14-15,17-18,22H,3,8-13,16H2,1-2H3,(H,39,43)(H,40,44)(H,36,37,38). The third-order valence-electron chi connectivity index (χ3n) is 8.14. The second-order valence-electron chi connectivity index (χ2n) is 11.7. The Kier molecular flexibility index (Phi) is 8.76. The van der Waals surface area contributed by atoms with E-state index in [0.29, 0.717) is 40.7 Å². The van der Waals surface area contributed by atoms with Crippen LogP contribution >= 0.6 is 11.3 Å². The van der Waals surface area contributed by atoms with Gasteiger partial charge in [0.05, 0.1) is 21.3 Å². The van der Waals surface area contributed by atoms with Crippen molar-refractivity contribution in [3.8, 4) is 0 Å². The lowest BCUT2D eigenvalue weighted by Crippen LogP contribution is -2.29. The van der Waals surface area contributed by atoms with Crippen LogP contribution in [0.25, 0.3) is 10.2 Å². The molecule has 6 rings (SSSR count). The topological polar surface area (TPSA) is 102 Å². The van der Waals surface area contributed by atoms with Gasteiger partial charge in [-0.25, -0.2) is 9.97 Å². The van der Waals surface area contributed by atoms with E-state index >= 15 is 0 Å². The summed E-state index contributed by atoms with van der Waals surface area (Å²) in [5.41, 5.74) is 1.68. The molecule has 2 amide bonds. The summed E-state index contributed by atoms with van der Waals surface area (Å²) in [4.78, 5) is 39.3. The average Bonchev–Trinajstić information content (AvgIpc) is 3.75. The number of nitrogens with zero attached hydrogens (tertiary/aromatic N) is 4. The minimum Gasteiger partial charge on any atom is -0.366 e. The number of likely N-dealkylation sites (N-methyl/N-ethyl adjacent to an activating group) is 1. The maximum absolute atomic E-state index is 14.1. The van der Waals surface area contributed by atoms with Gasteiger partial charge in [-0.3, -0.25) is 14.5 Å². The van der Waals surface area contributed by atoms with Crippen LogP contribution in [0.3, 0.4) is 0 Å². The van der Waals surface area contributed by atoms with Crippen LogP contribution in [0.1, 0.15) is 56.7 Å². The van der Waals surface area contributed by atoms with Crippen molar-refractivity contribution in [3.63, 3.8) is 0 Å². The Hall–Kier alpha value is -4.07. The van der Waals surface area contributed by atoms with Crippen LogP contribution in [0, 0.1) is 6.92 Å². The summed E-state index contributed by atoms with van der Waals surface area (Å²) in [6.07, 6.45) is -0.0943. The van der Waals surface area contributed by atoms with E-state index in [4.69, 9.17) is 0 Å². The van der Waals surface area contributed by atoms with E-state index in [1.165, 1.54) is 35.9 Å². The number of hydrogen-bond acceptors (Lipinski definition) is 8. The Morgan fingerprint density at radius 1 is 1.00 bits per heavy atom. The van der Waals surface area contributed by atoms with Crippen molar-refractivity contribution in [2.24, 2.45) is 0 Å². The van der Waals surface area contributed by atoms with Crippen molar-refractivity contribution in [1.29, 1.82) is 0 Å². The number of fused-ring (bicyclic) bond motifs is 1. The number of carbonyl (C=O) groups is 2. The first-order valence-electron chi connectivity index (χ1n) is 14.9. The first-order valence-corrected chi connectivity index (χ1v) is 15.8. The molecular weight excluding hydrogens is 603 g/mol. The lowest BCUT2D eigenvalue weighted by Gasteiger charge is -2.23. The molecule has 0 bridgehead atoms. The number of nitrogens with one attached hydrogen (secondary N) is 3. The number of amides is 2. The van der Waals surface area contributed by atoms with Crippen molar-refractivity contribution < 1.29 is 22.8 Å². The second-order valence-corrected chi connectivity index (χ2v) is 12.6. The summed E-state index contributed by atoms with van der Waals surface area (Å²) in [6, 6.07) is 9.08. The predicted octanol–water partition coefficient (Wildman–Crippen LogP) is 6.23. The van der Waals surface area contributed by atoms with Crippen LogP contribution < -0.4 is 16.0 Å². The van der Waals surface area contributed by atoms with Gasteiger partial charge in [0.1, 0.15) is 12.1 Å². The summed E-state index contributed by atoms with van der Waals surface area (Å²) in [5.74, 6) is -0.274. The zero-order chi connectivity index (χ0) is 31.7. The normalized spacial score (nSPS) is 16.4. The zero-order valence-electron chi connectivity index (χ0n) is 25.0. The molecule has 1 aliphatic carbocycles. The third kappa shape index (κ3) is 7.26. The molecule has 2 aromatic heterocycles. The third-order valence-corrected chi connectivity index (χ3v) is 9.12. The quantitative estimate of drug-likeness (QED) is 0.210. The number of hydrogen-bond donors (Lipinski definition) is 3. The highest BCUT2D eigenvalue weighted by molar-refractivity contribution is 7.18. The van der Waals surface area contributed by atoms with Crippen LogP contribution in [-0.4, -0.2) is 70.9 Å². The second kappa shape index (κ2) is 12.7. The molecule has 3 heterocycles. The van der Waals surface area contributed by atoms with Crippen LogP contribution in [0.4, 0.5) is 30.4 Å². The van der Waals surface area contributed by atoms with Gasteiger partial charge in [-0.2, -0.15) is 13.2 Å². The lowest BCUT2D eigenvalue weighted by molar-refractivity contribution is -0.138. The summed E-state index contributed by atoms with van der Waals surface area (Å²) in [7, 11) is 2.01. The average molecular weight is 638 g/mol. The maximum Gasteiger partial charge on any atom is 0.416 e. The van der Waals surface area contributed by atoms with Crippen LogP contribution in [0.15, 0.2) is 48.1 Å². The van der Waals surface area contributed by atoms with Crippen LogP contribution in [0.5, 0.6) is 0 Å². The number of aromatic nitrogens is 2. The molecule has 2 aromatic carbocycles. The van der Waals surface area contributed by atoms with E-state index < -0.39 is 17.6 Å². The molecule has 9 nitrogen and oxygen atoms in total. The highest BCUT2D eigenvalue weighted by Crippen LogP contribution is 2.35. The van der Waals surface area contributed by atoms with Crippen LogP contribution in [0.2, 0.25) is 0 Å². The summed E-state index contributed by atoms with van der Waals surface area (Å²) in [6.45, 7) is 5.10. The van der Waals surface area contributed by atoms with E-state index in [1.807, 2.05) is 11.9 Å². The van der Waals surface area contributed by atoms with E-state index in [9.17, 15) is 22.8 Å². The van der Waals surface area contributed by atoms with E-state index in [2.05, 4.69) is 30.8 Å². The number of thiophene rings is 1.